The van der Waals surface area contributed by atoms with Crippen LogP contribution in [0.25, 0.3) is 0 Å². The normalized spacial score (nSPS) is 23.9. The van der Waals surface area contributed by atoms with Crippen LogP contribution in [-0.2, 0) is 32.0 Å². The van der Waals surface area contributed by atoms with Gasteiger partial charge in [0.25, 0.3) is 5.91 Å². The van der Waals surface area contributed by atoms with Crippen LogP contribution in [-0.4, -0.2) is 31.0 Å². The quantitative estimate of drug-likeness (QED) is 0.392. The van der Waals surface area contributed by atoms with Crippen molar-refractivity contribution in [2.45, 2.75) is 37.8 Å². The fourth-order valence-electron chi connectivity index (χ4n) is 5.18. The Hall–Kier alpha value is -3.01. The SMILES string of the molecule is COC(=O)c1c(N2C(=O)[C@@H]3[C@H](ON(c4ccccc4)[C@H]3c3cccs3)C2=O)sc2c1CCCC2. The molecular formula is C25H22N2O5S2. The Morgan fingerprint density at radius 2 is 1.85 bits per heavy atom. The Bertz CT molecular complexity index is 1270. The first-order valence-electron chi connectivity index (χ1n) is 11.2. The molecule has 2 saturated heterocycles. The summed E-state index contributed by atoms with van der Waals surface area (Å²) in [6, 6.07) is 12.9. The van der Waals surface area contributed by atoms with Crippen molar-refractivity contribution < 1.29 is 24.0 Å². The molecule has 34 heavy (non-hydrogen) atoms. The van der Waals surface area contributed by atoms with Gasteiger partial charge >= 0.3 is 5.97 Å². The van der Waals surface area contributed by atoms with Crippen molar-refractivity contribution in [2.24, 2.45) is 5.92 Å². The number of aryl methyl sites for hydroxylation is 1. The summed E-state index contributed by atoms with van der Waals surface area (Å²) < 4.78 is 5.06. The maximum absolute atomic E-state index is 13.9. The van der Waals surface area contributed by atoms with Crippen LogP contribution in [0.3, 0.4) is 0 Å². The molecule has 3 aromatic rings. The molecule has 7 nitrogen and oxygen atoms in total. The molecule has 6 rings (SSSR count). The summed E-state index contributed by atoms with van der Waals surface area (Å²) in [4.78, 5) is 49.7. The predicted octanol–water partition coefficient (Wildman–Crippen LogP) is 4.53. The van der Waals surface area contributed by atoms with E-state index in [0.717, 1.165) is 46.7 Å². The number of amides is 2. The first kappa shape index (κ1) is 21.5. The van der Waals surface area contributed by atoms with Gasteiger partial charge in [-0.05, 0) is 54.8 Å². The molecule has 9 heteroatoms. The van der Waals surface area contributed by atoms with E-state index in [4.69, 9.17) is 9.57 Å². The molecule has 2 fully saturated rings. The fourth-order valence-corrected chi connectivity index (χ4v) is 7.42. The van der Waals surface area contributed by atoms with E-state index < -0.39 is 29.9 Å². The summed E-state index contributed by atoms with van der Waals surface area (Å²) in [5.41, 5.74) is 2.05. The number of hydroxylamine groups is 1. The highest BCUT2D eigenvalue weighted by molar-refractivity contribution is 7.17. The number of carbonyl (C=O) groups is 3. The van der Waals surface area contributed by atoms with Crippen LogP contribution in [0.15, 0.2) is 47.8 Å². The van der Waals surface area contributed by atoms with Crippen molar-refractivity contribution in [1.29, 1.82) is 0 Å². The monoisotopic (exact) mass is 494 g/mol. The van der Waals surface area contributed by atoms with Crippen LogP contribution in [0.4, 0.5) is 10.7 Å². The molecule has 0 spiro atoms. The van der Waals surface area contributed by atoms with Gasteiger partial charge in [0.2, 0.25) is 5.91 Å². The Balaban J connectivity index is 1.44. The highest BCUT2D eigenvalue weighted by Gasteiger charge is 2.61. The Morgan fingerprint density at radius 1 is 1.06 bits per heavy atom. The molecule has 174 valence electrons. The second-order valence-electron chi connectivity index (χ2n) is 8.57. The number of imide groups is 1. The molecule has 3 atom stereocenters. The molecule has 2 aliphatic heterocycles. The van der Waals surface area contributed by atoms with E-state index in [0.29, 0.717) is 10.6 Å². The first-order chi connectivity index (χ1) is 16.6. The van der Waals surface area contributed by atoms with Gasteiger partial charge in [0.1, 0.15) is 17.0 Å². The number of anilines is 2. The number of esters is 1. The lowest BCUT2D eigenvalue weighted by Gasteiger charge is -2.27. The fraction of sp³-hybridized carbons (Fsp3) is 0.320. The molecule has 2 amide bonds. The number of benzene rings is 1. The summed E-state index contributed by atoms with van der Waals surface area (Å²) in [7, 11) is 1.33. The summed E-state index contributed by atoms with van der Waals surface area (Å²) in [5, 5.41) is 4.02. The number of nitrogens with zero attached hydrogens (tertiary/aromatic N) is 2. The van der Waals surface area contributed by atoms with Crippen LogP contribution in [0.5, 0.6) is 0 Å². The smallest absolute Gasteiger partial charge is 0.341 e. The van der Waals surface area contributed by atoms with Gasteiger partial charge < -0.3 is 4.74 Å². The molecule has 3 aliphatic rings. The van der Waals surface area contributed by atoms with E-state index in [9.17, 15) is 14.4 Å². The molecule has 1 aromatic carbocycles. The van der Waals surface area contributed by atoms with Gasteiger partial charge in [0.05, 0.1) is 18.4 Å². The third-order valence-electron chi connectivity index (χ3n) is 6.71. The molecule has 0 unspecified atom stereocenters. The van der Waals surface area contributed by atoms with Crippen LogP contribution < -0.4 is 9.96 Å². The third-order valence-corrected chi connectivity index (χ3v) is 8.93. The molecule has 0 radical (unpaired) electrons. The number of hydrogen-bond donors (Lipinski definition) is 0. The number of fused-ring (bicyclic) bond motifs is 2. The van der Waals surface area contributed by atoms with Crippen LogP contribution in [0, 0.1) is 5.92 Å². The second kappa shape index (κ2) is 8.33. The molecule has 0 N–H and O–H groups in total. The largest absolute Gasteiger partial charge is 0.465 e. The Morgan fingerprint density at radius 3 is 2.59 bits per heavy atom. The Labute approximate surface area is 204 Å². The summed E-state index contributed by atoms with van der Waals surface area (Å²) in [6.07, 6.45) is 2.62. The van der Waals surface area contributed by atoms with Gasteiger partial charge in [-0.2, -0.15) is 0 Å². The lowest BCUT2D eigenvalue weighted by Crippen LogP contribution is -2.37. The lowest BCUT2D eigenvalue weighted by atomic mass is 9.95. The molecule has 4 heterocycles. The van der Waals surface area contributed by atoms with Crippen molar-refractivity contribution >= 4 is 51.1 Å². The zero-order chi connectivity index (χ0) is 23.4. The molecule has 1 aliphatic carbocycles. The van der Waals surface area contributed by atoms with E-state index in [1.807, 2.05) is 47.8 Å². The van der Waals surface area contributed by atoms with Crippen molar-refractivity contribution in [3.05, 3.63) is 68.7 Å². The number of hydrogen-bond acceptors (Lipinski definition) is 8. The van der Waals surface area contributed by atoms with Crippen LogP contribution in [0.1, 0.15) is 44.6 Å². The van der Waals surface area contributed by atoms with Crippen LogP contribution >= 0.6 is 22.7 Å². The maximum atomic E-state index is 13.9. The van der Waals surface area contributed by atoms with Crippen molar-refractivity contribution in [3.63, 3.8) is 0 Å². The van der Waals surface area contributed by atoms with E-state index >= 15 is 0 Å². The second-order valence-corrected chi connectivity index (χ2v) is 10.6. The number of ether oxygens (including phenoxy) is 1. The predicted molar refractivity (Wildman–Crippen MR) is 129 cm³/mol. The molecule has 0 saturated carbocycles. The minimum absolute atomic E-state index is 0.337. The minimum Gasteiger partial charge on any atom is -0.465 e. The molecular weight excluding hydrogens is 472 g/mol. The number of thiophene rings is 2. The summed E-state index contributed by atoms with van der Waals surface area (Å²) in [6.45, 7) is 0. The van der Waals surface area contributed by atoms with Crippen LogP contribution in [0.2, 0.25) is 0 Å². The Kier molecular flexibility index (Phi) is 5.28. The highest BCUT2D eigenvalue weighted by atomic mass is 32.1. The van der Waals surface area contributed by atoms with E-state index in [1.54, 1.807) is 5.06 Å². The van der Waals surface area contributed by atoms with Crippen molar-refractivity contribution in [1.82, 2.24) is 0 Å². The van der Waals surface area contributed by atoms with Crippen molar-refractivity contribution in [3.8, 4) is 0 Å². The zero-order valence-electron chi connectivity index (χ0n) is 18.4. The van der Waals surface area contributed by atoms with Gasteiger partial charge in [0, 0.05) is 9.75 Å². The van der Waals surface area contributed by atoms with Gasteiger partial charge in [-0.15, -0.1) is 22.7 Å². The lowest BCUT2D eigenvalue weighted by molar-refractivity contribution is -0.126. The van der Waals surface area contributed by atoms with E-state index in [2.05, 4.69) is 0 Å². The number of carbonyl (C=O) groups excluding carboxylic acids is 3. The van der Waals surface area contributed by atoms with E-state index in [-0.39, 0.29) is 5.91 Å². The summed E-state index contributed by atoms with van der Waals surface area (Å²) in [5.74, 6) is -1.99. The first-order valence-corrected chi connectivity index (χ1v) is 12.9. The number of rotatable bonds is 4. The van der Waals surface area contributed by atoms with E-state index in [1.165, 1.54) is 34.7 Å². The summed E-state index contributed by atoms with van der Waals surface area (Å²) >= 11 is 2.89. The zero-order valence-corrected chi connectivity index (χ0v) is 20.1. The van der Waals surface area contributed by atoms with Gasteiger partial charge in [-0.25, -0.2) is 14.8 Å². The molecule has 2 aromatic heterocycles. The minimum atomic E-state index is -0.954. The standard InChI is InChI=1S/C25H22N2O5S2/c1-31-25(30)18-15-10-5-6-11-16(15)34-24(18)26-22(28)19-20(17-12-7-13-33-17)27(32-21(19)23(26)29)14-8-3-2-4-9-14/h2-4,7-9,12-13,19-21H,5-6,10-11H2,1H3/t19-,20-,21-/m0/s1. The van der Waals surface area contributed by atoms with Gasteiger partial charge in [0.15, 0.2) is 6.10 Å². The topological polar surface area (TPSA) is 76.2 Å². The van der Waals surface area contributed by atoms with Gasteiger partial charge in [-0.3, -0.25) is 14.4 Å². The number of methoxy groups -OCH3 is 1. The average Bonchev–Trinajstić information content (AvgIpc) is 3.63. The van der Waals surface area contributed by atoms with Gasteiger partial charge in [-0.1, -0.05) is 24.3 Å². The number of para-hydroxylation sites is 1. The molecule has 0 bridgehead atoms. The highest BCUT2D eigenvalue weighted by Crippen LogP contribution is 2.51. The maximum Gasteiger partial charge on any atom is 0.341 e. The average molecular weight is 495 g/mol. The van der Waals surface area contributed by atoms with Crippen molar-refractivity contribution in [2.75, 3.05) is 17.1 Å². The third kappa shape index (κ3) is 3.14.